The average molecular weight is 349 g/mol. The van der Waals surface area contributed by atoms with Gasteiger partial charge in [0, 0.05) is 50.8 Å². The van der Waals surface area contributed by atoms with Crippen LogP contribution in [0.25, 0.3) is 11.1 Å². The standard InChI is InChI=1S/C21H23N3O2/c1-24(2)21(26)15-5-3-4-13(8-15)14-6-7-17-18(9-14)20(25)23-11-16-10-22-12-19(16)17/h3-9,16,19,22H,10-12H2,1-2H3,(H,23,25)/t16-,19+/m0/s1. The normalized spacial score (nSPS) is 21.4. The topological polar surface area (TPSA) is 61.4 Å². The van der Waals surface area contributed by atoms with Crippen LogP contribution in [-0.2, 0) is 0 Å². The van der Waals surface area contributed by atoms with Gasteiger partial charge in [-0.15, -0.1) is 0 Å². The second kappa shape index (κ2) is 6.57. The van der Waals surface area contributed by atoms with Crippen LogP contribution in [0.3, 0.4) is 0 Å². The van der Waals surface area contributed by atoms with Crippen LogP contribution in [0.15, 0.2) is 42.5 Å². The monoisotopic (exact) mass is 349 g/mol. The van der Waals surface area contributed by atoms with E-state index in [0.29, 0.717) is 23.9 Å². The van der Waals surface area contributed by atoms with Gasteiger partial charge in [-0.1, -0.05) is 24.3 Å². The summed E-state index contributed by atoms with van der Waals surface area (Å²) in [4.78, 5) is 26.4. The summed E-state index contributed by atoms with van der Waals surface area (Å²) < 4.78 is 0. The number of carbonyl (C=O) groups is 2. The van der Waals surface area contributed by atoms with Crippen LogP contribution in [0.5, 0.6) is 0 Å². The highest BCUT2D eigenvalue weighted by atomic mass is 16.2. The lowest BCUT2D eigenvalue weighted by atomic mass is 9.86. The summed E-state index contributed by atoms with van der Waals surface area (Å²) in [5, 5.41) is 6.49. The quantitative estimate of drug-likeness (QED) is 0.873. The van der Waals surface area contributed by atoms with Gasteiger partial charge in [0.25, 0.3) is 11.8 Å². The minimum atomic E-state index is -0.0285. The lowest BCUT2D eigenvalue weighted by molar-refractivity contribution is 0.0827. The first-order chi connectivity index (χ1) is 12.5. The third-order valence-corrected chi connectivity index (χ3v) is 5.41. The SMILES string of the molecule is CN(C)C(=O)c1cccc(-c2ccc3c(c2)C(=O)NC[C@@H]2CNC[C@@H]32)c1. The number of carbonyl (C=O) groups excluding carboxylic acids is 2. The molecule has 0 spiro atoms. The molecule has 5 heteroatoms. The predicted octanol–water partition coefficient (Wildman–Crippen LogP) is 2.10. The zero-order valence-electron chi connectivity index (χ0n) is 15.1. The zero-order valence-corrected chi connectivity index (χ0v) is 15.1. The van der Waals surface area contributed by atoms with Crippen molar-refractivity contribution in [3.8, 4) is 11.1 Å². The fraction of sp³-hybridized carbons (Fsp3) is 0.333. The van der Waals surface area contributed by atoms with E-state index in [0.717, 1.165) is 35.3 Å². The molecule has 2 aromatic rings. The molecule has 0 unspecified atom stereocenters. The van der Waals surface area contributed by atoms with Gasteiger partial charge in [-0.05, 0) is 40.8 Å². The number of hydrogen-bond donors (Lipinski definition) is 2. The number of benzene rings is 2. The summed E-state index contributed by atoms with van der Waals surface area (Å²) in [6, 6.07) is 13.7. The first-order valence-corrected chi connectivity index (χ1v) is 8.99. The highest BCUT2D eigenvalue weighted by Gasteiger charge is 2.34. The highest BCUT2D eigenvalue weighted by Crippen LogP contribution is 2.34. The Balaban J connectivity index is 1.75. The van der Waals surface area contributed by atoms with Crippen molar-refractivity contribution in [2.45, 2.75) is 5.92 Å². The molecule has 2 heterocycles. The van der Waals surface area contributed by atoms with Crippen LogP contribution in [0.2, 0.25) is 0 Å². The molecular weight excluding hydrogens is 326 g/mol. The van der Waals surface area contributed by atoms with Gasteiger partial charge in [-0.25, -0.2) is 0 Å². The van der Waals surface area contributed by atoms with Crippen molar-refractivity contribution in [3.05, 3.63) is 59.2 Å². The molecule has 2 aliphatic heterocycles. The highest BCUT2D eigenvalue weighted by molar-refractivity contribution is 5.98. The third-order valence-electron chi connectivity index (χ3n) is 5.41. The Bertz CT molecular complexity index is 875. The third kappa shape index (κ3) is 2.88. The van der Waals surface area contributed by atoms with Gasteiger partial charge in [-0.3, -0.25) is 9.59 Å². The van der Waals surface area contributed by atoms with Crippen LogP contribution in [0.1, 0.15) is 32.2 Å². The van der Waals surface area contributed by atoms with E-state index in [1.807, 2.05) is 30.3 Å². The Hall–Kier alpha value is -2.66. The molecule has 2 amide bonds. The van der Waals surface area contributed by atoms with E-state index in [-0.39, 0.29) is 11.8 Å². The largest absolute Gasteiger partial charge is 0.352 e. The van der Waals surface area contributed by atoms with Crippen LogP contribution in [0.4, 0.5) is 0 Å². The molecule has 26 heavy (non-hydrogen) atoms. The summed E-state index contributed by atoms with van der Waals surface area (Å²) >= 11 is 0. The number of amides is 2. The Labute approximate surface area is 153 Å². The summed E-state index contributed by atoms with van der Waals surface area (Å²) in [5.41, 5.74) is 4.42. The van der Waals surface area contributed by atoms with E-state index in [1.165, 1.54) is 0 Å². The molecule has 0 radical (unpaired) electrons. The van der Waals surface area contributed by atoms with E-state index in [1.54, 1.807) is 19.0 Å². The van der Waals surface area contributed by atoms with Crippen molar-refractivity contribution in [2.75, 3.05) is 33.7 Å². The number of fused-ring (bicyclic) bond motifs is 3. The average Bonchev–Trinajstić information content (AvgIpc) is 3.08. The number of rotatable bonds is 2. The van der Waals surface area contributed by atoms with Crippen molar-refractivity contribution < 1.29 is 9.59 Å². The first-order valence-electron chi connectivity index (χ1n) is 8.99. The Morgan fingerprint density at radius 3 is 2.65 bits per heavy atom. The van der Waals surface area contributed by atoms with Gasteiger partial charge in [-0.2, -0.15) is 0 Å². The number of nitrogens with one attached hydrogen (secondary N) is 2. The molecule has 2 atom stereocenters. The predicted molar refractivity (Wildman–Crippen MR) is 101 cm³/mol. The summed E-state index contributed by atoms with van der Waals surface area (Å²) in [6.45, 7) is 2.58. The number of nitrogens with zero attached hydrogens (tertiary/aromatic N) is 1. The maximum atomic E-state index is 12.6. The molecule has 1 saturated heterocycles. The Morgan fingerprint density at radius 2 is 1.85 bits per heavy atom. The van der Waals surface area contributed by atoms with Crippen LogP contribution >= 0.6 is 0 Å². The molecular formula is C21H23N3O2. The fourth-order valence-electron chi connectivity index (χ4n) is 3.98. The van der Waals surface area contributed by atoms with Gasteiger partial charge < -0.3 is 15.5 Å². The molecule has 0 aromatic heterocycles. The molecule has 5 nitrogen and oxygen atoms in total. The van der Waals surface area contributed by atoms with Gasteiger partial charge in [0.2, 0.25) is 0 Å². The fourth-order valence-corrected chi connectivity index (χ4v) is 3.98. The van der Waals surface area contributed by atoms with Gasteiger partial charge in [0.05, 0.1) is 0 Å². The van der Waals surface area contributed by atoms with Gasteiger partial charge >= 0.3 is 0 Å². The molecule has 0 aliphatic carbocycles. The molecule has 2 aromatic carbocycles. The maximum absolute atomic E-state index is 12.6. The minimum absolute atomic E-state index is 0.00299. The number of hydrogen-bond acceptors (Lipinski definition) is 3. The summed E-state index contributed by atoms with van der Waals surface area (Å²) in [6.07, 6.45) is 0. The maximum Gasteiger partial charge on any atom is 0.253 e. The first kappa shape index (κ1) is 16.8. The second-order valence-electron chi connectivity index (χ2n) is 7.32. The molecule has 2 N–H and O–H groups in total. The molecule has 0 saturated carbocycles. The van der Waals surface area contributed by atoms with Crippen LogP contribution in [0, 0.1) is 5.92 Å². The van der Waals surface area contributed by atoms with Gasteiger partial charge in [0.1, 0.15) is 0 Å². The van der Waals surface area contributed by atoms with E-state index < -0.39 is 0 Å². The minimum Gasteiger partial charge on any atom is -0.352 e. The van der Waals surface area contributed by atoms with Crippen molar-refractivity contribution in [1.29, 1.82) is 0 Å². The summed E-state index contributed by atoms with van der Waals surface area (Å²) in [7, 11) is 3.49. The molecule has 2 aliphatic rings. The smallest absolute Gasteiger partial charge is 0.253 e. The van der Waals surface area contributed by atoms with E-state index >= 15 is 0 Å². The van der Waals surface area contributed by atoms with Crippen LogP contribution < -0.4 is 10.6 Å². The lowest BCUT2D eigenvalue weighted by Gasteiger charge is -2.17. The van der Waals surface area contributed by atoms with Crippen molar-refractivity contribution >= 4 is 11.8 Å². The second-order valence-corrected chi connectivity index (χ2v) is 7.32. The Kier molecular flexibility index (Phi) is 4.24. The van der Waals surface area contributed by atoms with Crippen molar-refractivity contribution in [1.82, 2.24) is 15.5 Å². The van der Waals surface area contributed by atoms with E-state index in [9.17, 15) is 9.59 Å². The van der Waals surface area contributed by atoms with E-state index in [2.05, 4.69) is 22.8 Å². The van der Waals surface area contributed by atoms with Crippen LogP contribution in [-0.4, -0.2) is 50.4 Å². The molecule has 134 valence electrons. The molecule has 0 bridgehead atoms. The van der Waals surface area contributed by atoms with E-state index in [4.69, 9.17) is 0 Å². The Morgan fingerprint density at radius 1 is 1.04 bits per heavy atom. The van der Waals surface area contributed by atoms with Gasteiger partial charge in [0.15, 0.2) is 0 Å². The summed E-state index contributed by atoms with van der Waals surface area (Å²) in [5.74, 6) is 0.794. The lowest BCUT2D eigenvalue weighted by Crippen LogP contribution is -2.28. The molecule has 1 fully saturated rings. The zero-order chi connectivity index (χ0) is 18.3. The molecule has 4 rings (SSSR count). The van der Waals surface area contributed by atoms with Crippen molar-refractivity contribution in [3.63, 3.8) is 0 Å². The van der Waals surface area contributed by atoms with Crippen molar-refractivity contribution in [2.24, 2.45) is 5.92 Å².